The summed E-state index contributed by atoms with van der Waals surface area (Å²) in [5, 5.41) is 8.35. The molecule has 0 atom stereocenters. The predicted octanol–water partition coefficient (Wildman–Crippen LogP) is 3.55. The minimum Gasteiger partial charge on any atom is -0.387 e. The van der Waals surface area contributed by atoms with E-state index in [0.717, 1.165) is 35.2 Å². The summed E-state index contributed by atoms with van der Waals surface area (Å²) in [5.74, 6) is -0.113. The number of carbonyl (C=O) groups excluding carboxylic acids is 1. The number of nitrogens with one attached hydrogen (secondary N) is 3. The van der Waals surface area contributed by atoms with Gasteiger partial charge in [0.05, 0.1) is 11.3 Å². The molecule has 138 valence electrons. The Bertz CT molecular complexity index is 1110. The van der Waals surface area contributed by atoms with Crippen LogP contribution >= 0.6 is 0 Å². The zero-order valence-electron chi connectivity index (χ0n) is 15.5. The van der Waals surface area contributed by atoms with Crippen molar-refractivity contribution in [1.82, 2.24) is 19.9 Å². The first kappa shape index (κ1) is 17.1. The van der Waals surface area contributed by atoms with Crippen molar-refractivity contribution in [3.8, 4) is 0 Å². The number of aromatic amines is 1. The van der Waals surface area contributed by atoms with Gasteiger partial charge in [-0.25, -0.2) is 4.98 Å². The number of amides is 1. The number of hydrogen-bond donors (Lipinski definition) is 3. The molecule has 0 aliphatic carbocycles. The van der Waals surface area contributed by atoms with E-state index in [-0.39, 0.29) is 5.91 Å². The molecule has 0 bridgehead atoms. The van der Waals surface area contributed by atoms with Gasteiger partial charge in [-0.1, -0.05) is 18.2 Å². The van der Waals surface area contributed by atoms with Gasteiger partial charge in [0, 0.05) is 55.0 Å². The third kappa shape index (κ3) is 3.03. The van der Waals surface area contributed by atoms with Crippen LogP contribution in [-0.2, 0) is 13.0 Å². The van der Waals surface area contributed by atoms with E-state index in [1.54, 1.807) is 6.20 Å². The van der Waals surface area contributed by atoms with Crippen molar-refractivity contribution >= 4 is 33.5 Å². The van der Waals surface area contributed by atoms with Gasteiger partial charge in [-0.05, 0) is 31.0 Å². The third-order valence-corrected chi connectivity index (χ3v) is 4.98. The maximum absolute atomic E-state index is 12.7. The average molecular weight is 361 g/mol. The van der Waals surface area contributed by atoms with Gasteiger partial charge in [0.25, 0.3) is 5.91 Å². The Labute approximate surface area is 157 Å². The molecule has 0 radical (unpaired) electrons. The molecule has 4 aromatic rings. The molecule has 6 nitrogen and oxygen atoms in total. The largest absolute Gasteiger partial charge is 0.387 e. The summed E-state index contributed by atoms with van der Waals surface area (Å²) in [4.78, 5) is 20.5. The zero-order chi connectivity index (χ0) is 18.8. The fourth-order valence-electron chi connectivity index (χ4n) is 3.58. The van der Waals surface area contributed by atoms with Crippen molar-refractivity contribution in [2.45, 2.75) is 19.9 Å². The Balaban J connectivity index is 1.51. The van der Waals surface area contributed by atoms with Gasteiger partial charge in [-0.2, -0.15) is 0 Å². The lowest BCUT2D eigenvalue weighted by Gasteiger charge is -2.11. The van der Waals surface area contributed by atoms with E-state index < -0.39 is 0 Å². The number of aryl methyl sites for hydroxylation is 1. The molecule has 0 aliphatic heterocycles. The van der Waals surface area contributed by atoms with Gasteiger partial charge in [0.1, 0.15) is 5.65 Å². The number of rotatable bonds is 6. The summed E-state index contributed by atoms with van der Waals surface area (Å²) in [7, 11) is 1.83. The van der Waals surface area contributed by atoms with E-state index in [2.05, 4.69) is 44.2 Å². The zero-order valence-corrected chi connectivity index (χ0v) is 15.5. The Morgan fingerprint density at radius 1 is 1.22 bits per heavy atom. The van der Waals surface area contributed by atoms with Crippen molar-refractivity contribution in [2.24, 2.45) is 0 Å². The number of anilines is 1. The maximum Gasteiger partial charge on any atom is 0.254 e. The minimum atomic E-state index is -0.113. The monoisotopic (exact) mass is 361 g/mol. The van der Waals surface area contributed by atoms with Crippen LogP contribution in [0.5, 0.6) is 0 Å². The lowest BCUT2D eigenvalue weighted by molar-refractivity contribution is 0.0954. The summed E-state index contributed by atoms with van der Waals surface area (Å²) in [6, 6.07) is 10.2. The number of carbonyl (C=O) groups is 1. The van der Waals surface area contributed by atoms with Gasteiger partial charge < -0.3 is 20.2 Å². The highest BCUT2D eigenvalue weighted by Gasteiger charge is 2.16. The van der Waals surface area contributed by atoms with E-state index >= 15 is 0 Å². The summed E-state index contributed by atoms with van der Waals surface area (Å²) in [6.07, 6.45) is 6.43. The summed E-state index contributed by atoms with van der Waals surface area (Å²) in [6.45, 7) is 3.49. The first-order valence-electron chi connectivity index (χ1n) is 9.21. The van der Waals surface area contributed by atoms with Crippen LogP contribution in [0.3, 0.4) is 0 Å². The molecule has 6 heteroatoms. The quantitative estimate of drug-likeness (QED) is 0.492. The summed E-state index contributed by atoms with van der Waals surface area (Å²) in [5.41, 5.74) is 4.59. The lowest BCUT2D eigenvalue weighted by atomic mass is 10.1. The van der Waals surface area contributed by atoms with Crippen LogP contribution in [-0.4, -0.2) is 34.0 Å². The van der Waals surface area contributed by atoms with Crippen LogP contribution < -0.4 is 10.6 Å². The van der Waals surface area contributed by atoms with E-state index in [0.29, 0.717) is 12.1 Å². The highest BCUT2D eigenvalue weighted by atomic mass is 16.1. The highest BCUT2D eigenvalue weighted by molar-refractivity contribution is 6.06. The first-order valence-corrected chi connectivity index (χ1v) is 9.21. The maximum atomic E-state index is 12.7. The fraction of sp³-hybridized carbons (Fsp3) is 0.238. The molecule has 4 rings (SSSR count). The van der Waals surface area contributed by atoms with Crippen molar-refractivity contribution in [2.75, 3.05) is 18.9 Å². The van der Waals surface area contributed by atoms with E-state index in [9.17, 15) is 4.79 Å². The number of aromatic nitrogens is 3. The fourth-order valence-corrected chi connectivity index (χ4v) is 3.58. The Kier molecular flexibility index (Phi) is 4.54. The molecule has 0 fully saturated rings. The number of H-pyrrole nitrogens is 1. The molecule has 27 heavy (non-hydrogen) atoms. The van der Waals surface area contributed by atoms with Crippen molar-refractivity contribution in [3.63, 3.8) is 0 Å². The number of nitrogens with zero attached hydrogens (tertiary/aromatic N) is 2. The van der Waals surface area contributed by atoms with Crippen molar-refractivity contribution in [1.29, 1.82) is 0 Å². The topological polar surface area (TPSA) is 74.7 Å². The van der Waals surface area contributed by atoms with Crippen LogP contribution in [0.2, 0.25) is 0 Å². The SMILES string of the molecule is CCn1ccc2c(NC)c(C(=O)NCCc3c[nH]c4ccccc34)cnc21. The van der Waals surface area contributed by atoms with Gasteiger partial charge in [-0.15, -0.1) is 0 Å². The summed E-state index contributed by atoms with van der Waals surface area (Å²) < 4.78 is 2.06. The van der Waals surface area contributed by atoms with Gasteiger partial charge >= 0.3 is 0 Å². The number of pyridine rings is 1. The average Bonchev–Trinajstić information content (AvgIpc) is 3.31. The number of benzene rings is 1. The molecule has 0 saturated heterocycles. The van der Waals surface area contributed by atoms with Crippen LogP contribution in [0, 0.1) is 0 Å². The normalized spacial score (nSPS) is 11.2. The Morgan fingerprint density at radius 3 is 2.89 bits per heavy atom. The van der Waals surface area contributed by atoms with Crippen LogP contribution in [0.1, 0.15) is 22.8 Å². The molecule has 1 aromatic carbocycles. The number of para-hydroxylation sites is 1. The second-order valence-corrected chi connectivity index (χ2v) is 6.50. The number of fused-ring (bicyclic) bond motifs is 2. The molecule has 0 spiro atoms. The van der Waals surface area contributed by atoms with Crippen LogP contribution in [0.4, 0.5) is 5.69 Å². The summed E-state index contributed by atoms with van der Waals surface area (Å²) >= 11 is 0. The van der Waals surface area contributed by atoms with Crippen LogP contribution in [0.25, 0.3) is 21.9 Å². The Hall–Kier alpha value is -3.28. The second kappa shape index (κ2) is 7.15. The van der Waals surface area contributed by atoms with Gasteiger partial charge in [0.15, 0.2) is 0 Å². The van der Waals surface area contributed by atoms with Crippen molar-refractivity contribution in [3.05, 3.63) is 60.0 Å². The highest BCUT2D eigenvalue weighted by Crippen LogP contribution is 2.26. The van der Waals surface area contributed by atoms with Gasteiger partial charge in [-0.3, -0.25) is 4.79 Å². The molecular formula is C21H23N5O. The molecule has 0 unspecified atom stereocenters. The molecule has 0 saturated carbocycles. The second-order valence-electron chi connectivity index (χ2n) is 6.50. The molecule has 3 heterocycles. The van der Waals surface area contributed by atoms with Crippen LogP contribution in [0.15, 0.2) is 48.9 Å². The molecule has 3 N–H and O–H groups in total. The minimum absolute atomic E-state index is 0.113. The lowest BCUT2D eigenvalue weighted by Crippen LogP contribution is -2.26. The van der Waals surface area contributed by atoms with E-state index in [1.807, 2.05) is 37.6 Å². The number of hydrogen-bond acceptors (Lipinski definition) is 3. The molecule has 1 amide bonds. The van der Waals surface area contributed by atoms with Crippen molar-refractivity contribution < 1.29 is 4.79 Å². The van der Waals surface area contributed by atoms with E-state index in [1.165, 1.54) is 10.9 Å². The molecule has 3 aromatic heterocycles. The van der Waals surface area contributed by atoms with Gasteiger partial charge in [0.2, 0.25) is 0 Å². The first-order chi connectivity index (χ1) is 13.2. The smallest absolute Gasteiger partial charge is 0.254 e. The predicted molar refractivity (Wildman–Crippen MR) is 109 cm³/mol. The Morgan fingerprint density at radius 2 is 2.07 bits per heavy atom. The third-order valence-electron chi connectivity index (χ3n) is 4.98. The molecule has 0 aliphatic rings. The standard InChI is InChI=1S/C21H23N5O/c1-3-26-11-9-16-19(22-2)17(13-25-20(16)26)21(27)23-10-8-14-12-24-18-7-5-4-6-15(14)18/h4-7,9,11-13,24H,3,8,10H2,1-2H3,(H,22,25)(H,23,27). The van der Waals surface area contributed by atoms with E-state index in [4.69, 9.17) is 0 Å². The molecular weight excluding hydrogens is 338 g/mol.